The van der Waals surface area contributed by atoms with E-state index in [4.69, 9.17) is 9.57 Å². The fourth-order valence-electron chi connectivity index (χ4n) is 2.76. The van der Waals surface area contributed by atoms with Gasteiger partial charge in [-0.25, -0.2) is 0 Å². The fourth-order valence-corrected chi connectivity index (χ4v) is 3.30. The van der Waals surface area contributed by atoms with Gasteiger partial charge in [-0.15, -0.1) is 0 Å². The molecule has 0 radical (unpaired) electrons. The van der Waals surface area contributed by atoms with Crippen molar-refractivity contribution >= 4 is 15.9 Å². The highest BCUT2D eigenvalue weighted by Crippen LogP contribution is 2.42. The second-order valence-electron chi connectivity index (χ2n) is 5.19. The lowest BCUT2D eigenvalue weighted by molar-refractivity contribution is -0.146. The Morgan fingerprint density at radius 1 is 1.14 bits per heavy atom. The van der Waals surface area contributed by atoms with E-state index in [0.717, 1.165) is 16.6 Å². The van der Waals surface area contributed by atoms with Crippen LogP contribution in [0.25, 0.3) is 0 Å². The number of rotatable bonds is 3. The van der Waals surface area contributed by atoms with Crippen LogP contribution in [0.5, 0.6) is 5.75 Å². The predicted molar refractivity (Wildman–Crippen MR) is 86.1 cm³/mol. The van der Waals surface area contributed by atoms with Crippen LogP contribution in [-0.2, 0) is 4.84 Å². The topological polar surface area (TPSA) is 21.7 Å². The highest BCUT2D eigenvalue weighted by Gasteiger charge is 2.33. The summed E-state index contributed by atoms with van der Waals surface area (Å²) < 4.78 is 6.31. The highest BCUT2D eigenvalue weighted by molar-refractivity contribution is 9.10. The molecular formula is C17H18BrNO2. The molecule has 1 saturated heterocycles. The normalized spacial score (nSPS) is 22.4. The predicted octanol–water partition coefficient (Wildman–Crippen LogP) is 4.51. The Labute approximate surface area is 133 Å². The van der Waals surface area contributed by atoms with Crippen molar-refractivity contribution in [2.45, 2.75) is 18.6 Å². The molecule has 2 atom stereocenters. The van der Waals surface area contributed by atoms with Crippen LogP contribution in [0.2, 0.25) is 0 Å². The van der Waals surface area contributed by atoms with Gasteiger partial charge in [0.25, 0.3) is 0 Å². The molecule has 1 fully saturated rings. The van der Waals surface area contributed by atoms with Gasteiger partial charge in [0, 0.05) is 17.9 Å². The van der Waals surface area contributed by atoms with E-state index in [0.29, 0.717) is 0 Å². The number of methoxy groups -OCH3 is 1. The largest absolute Gasteiger partial charge is 0.497 e. The molecule has 0 N–H and O–H groups in total. The van der Waals surface area contributed by atoms with Gasteiger partial charge in [-0.1, -0.05) is 46.3 Å². The number of halogens is 1. The van der Waals surface area contributed by atoms with Crippen molar-refractivity contribution in [3.05, 3.63) is 64.1 Å². The van der Waals surface area contributed by atoms with E-state index in [9.17, 15) is 0 Å². The summed E-state index contributed by atoms with van der Waals surface area (Å²) in [6.45, 7) is 0. The molecule has 110 valence electrons. The van der Waals surface area contributed by atoms with Crippen LogP contribution in [0.1, 0.15) is 29.7 Å². The van der Waals surface area contributed by atoms with Crippen LogP contribution in [-0.4, -0.2) is 19.2 Å². The summed E-state index contributed by atoms with van der Waals surface area (Å²) in [4.78, 5) is 6.02. The Bertz CT molecular complexity index is 614. The summed E-state index contributed by atoms with van der Waals surface area (Å²) in [6.07, 6.45) is 1.02. The van der Waals surface area contributed by atoms with Crippen molar-refractivity contribution in [2.24, 2.45) is 0 Å². The molecule has 21 heavy (non-hydrogen) atoms. The maximum absolute atomic E-state index is 6.02. The maximum Gasteiger partial charge on any atom is 0.118 e. The summed E-state index contributed by atoms with van der Waals surface area (Å²) in [5, 5.41) is 1.95. The number of hydrogen-bond donors (Lipinski definition) is 0. The molecule has 1 aliphatic heterocycles. The lowest BCUT2D eigenvalue weighted by Crippen LogP contribution is -2.16. The van der Waals surface area contributed by atoms with Crippen LogP contribution in [0, 0.1) is 0 Å². The van der Waals surface area contributed by atoms with E-state index < -0.39 is 0 Å². The minimum absolute atomic E-state index is 0.0812. The van der Waals surface area contributed by atoms with E-state index in [1.54, 1.807) is 7.11 Å². The Balaban J connectivity index is 1.81. The molecule has 1 heterocycles. The van der Waals surface area contributed by atoms with Crippen LogP contribution < -0.4 is 4.74 Å². The number of hydroxylamine groups is 2. The zero-order valence-corrected chi connectivity index (χ0v) is 13.7. The molecule has 2 aromatic rings. The third-order valence-corrected chi connectivity index (χ3v) is 4.64. The molecule has 4 heteroatoms. The lowest BCUT2D eigenvalue weighted by Gasteiger charge is -2.17. The van der Waals surface area contributed by atoms with Crippen molar-refractivity contribution in [3.63, 3.8) is 0 Å². The quantitative estimate of drug-likeness (QED) is 0.815. The second-order valence-corrected chi connectivity index (χ2v) is 6.04. The molecule has 0 unspecified atom stereocenters. The monoisotopic (exact) mass is 347 g/mol. The zero-order chi connectivity index (χ0) is 14.8. The van der Waals surface area contributed by atoms with E-state index in [1.807, 2.05) is 36.4 Å². The van der Waals surface area contributed by atoms with Gasteiger partial charge in [0.1, 0.15) is 11.9 Å². The number of ether oxygens (including phenoxy) is 1. The van der Waals surface area contributed by atoms with Crippen molar-refractivity contribution in [2.75, 3.05) is 14.2 Å². The summed E-state index contributed by atoms with van der Waals surface area (Å²) in [6, 6.07) is 16.7. The number of hydrogen-bond acceptors (Lipinski definition) is 3. The molecule has 3 nitrogen and oxygen atoms in total. The van der Waals surface area contributed by atoms with Crippen molar-refractivity contribution in [1.82, 2.24) is 5.06 Å². The molecule has 0 aromatic heterocycles. The van der Waals surface area contributed by atoms with Crippen molar-refractivity contribution in [3.8, 4) is 5.75 Å². The molecule has 0 aliphatic carbocycles. The smallest absolute Gasteiger partial charge is 0.118 e. The van der Waals surface area contributed by atoms with Gasteiger partial charge in [-0.2, -0.15) is 5.06 Å². The van der Waals surface area contributed by atoms with Gasteiger partial charge in [-0.3, -0.25) is 4.84 Å². The van der Waals surface area contributed by atoms with E-state index in [1.165, 1.54) is 11.1 Å². The third-order valence-electron chi connectivity index (χ3n) is 3.92. The first-order valence-electron chi connectivity index (χ1n) is 6.97. The van der Waals surface area contributed by atoms with Gasteiger partial charge >= 0.3 is 0 Å². The third kappa shape index (κ3) is 2.98. The molecule has 0 saturated carbocycles. The van der Waals surface area contributed by atoms with Gasteiger partial charge in [0.15, 0.2) is 0 Å². The number of benzene rings is 2. The zero-order valence-electron chi connectivity index (χ0n) is 12.1. The second kappa shape index (κ2) is 6.18. The van der Waals surface area contributed by atoms with E-state index in [-0.39, 0.29) is 12.1 Å². The van der Waals surface area contributed by atoms with Gasteiger partial charge in [0.05, 0.1) is 13.2 Å². The SMILES string of the molecule is COc1ccc([C@H]2C[C@H](c3ccccc3Br)ON2C)cc1. The minimum atomic E-state index is 0.0812. The fraction of sp³-hybridized carbons (Fsp3) is 0.294. The van der Waals surface area contributed by atoms with Gasteiger partial charge < -0.3 is 4.74 Å². The van der Waals surface area contributed by atoms with Gasteiger partial charge in [-0.05, 0) is 29.3 Å². The molecule has 0 spiro atoms. The molecule has 3 rings (SSSR count). The first-order chi connectivity index (χ1) is 10.2. The maximum atomic E-state index is 6.02. The first kappa shape index (κ1) is 14.6. The molecule has 0 bridgehead atoms. The Kier molecular flexibility index (Phi) is 4.29. The van der Waals surface area contributed by atoms with E-state index >= 15 is 0 Å². The molecule has 0 amide bonds. The van der Waals surface area contributed by atoms with Crippen LogP contribution in [0.4, 0.5) is 0 Å². The highest BCUT2D eigenvalue weighted by atomic mass is 79.9. The summed E-state index contributed by atoms with van der Waals surface area (Å²) >= 11 is 3.61. The lowest BCUT2D eigenvalue weighted by atomic mass is 9.98. The molecular weight excluding hydrogens is 330 g/mol. The summed E-state index contributed by atoms with van der Waals surface area (Å²) in [5.74, 6) is 0.877. The number of nitrogens with zero attached hydrogens (tertiary/aromatic N) is 1. The Morgan fingerprint density at radius 3 is 2.52 bits per heavy atom. The average Bonchev–Trinajstić information content (AvgIpc) is 2.89. The van der Waals surface area contributed by atoms with Gasteiger partial charge in [0.2, 0.25) is 0 Å². The van der Waals surface area contributed by atoms with Crippen molar-refractivity contribution < 1.29 is 9.57 Å². The standard InChI is InChI=1S/C17H18BrNO2/c1-19-16(12-7-9-13(20-2)10-8-12)11-17(21-19)14-5-3-4-6-15(14)18/h3-10,16-17H,11H2,1-2H3/t16-,17-/m1/s1. The Hall–Kier alpha value is -1.36. The Morgan fingerprint density at radius 2 is 1.86 bits per heavy atom. The summed E-state index contributed by atoms with van der Waals surface area (Å²) in [5.41, 5.74) is 2.44. The van der Waals surface area contributed by atoms with Crippen LogP contribution in [0.15, 0.2) is 53.0 Å². The molecule has 1 aliphatic rings. The van der Waals surface area contributed by atoms with Crippen LogP contribution in [0.3, 0.4) is 0 Å². The average molecular weight is 348 g/mol. The molecule has 2 aromatic carbocycles. The van der Waals surface area contributed by atoms with Crippen LogP contribution >= 0.6 is 15.9 Å². The first-order valence-corrected chi connectivity index (χ1v) is 7.76. The summed E-state index contributed by atoms with van der Waals surface area (Å²) in [7, 11) is 3.68. The minimum Gasteiger partial charge on any atom is -0.497 e. The van der Waals surface area contributed by atoms with Crippen molar-refractivity contribution in [1.29, 1.82) is 0 Å². The van der Waals surface area contributed by atoms with E-state index in [2.05, 4.69) is 40.2 Å².